The average molecular weight is 304 g/mol. The lowest BCUT2D eigenvalue weighted by Crippen LogP contribution is -2.12. The van der Waals surface area contributed by atoms with E-state index in [2.05, 4.69) is 0 Å². The second-order valence-corrected chi connectivity index (χ2v) is 4.71. The number of ether oxygens (including phenoxy) is 4. The summed E-state index contributed by atoms with van der Waals surface area (Å²) in [6, 6.07) is 9.17. The number of rotatable bonds is 6. The Hall–Kier alpha value is -2.43. The molecule has 0 saturated carbocycles. The molecule has 0 aliphatic rings. The number of benzene rings is 2. The van der Waals surface area contributed by atoms with Crippen molar-refractivity contribution >= 4 is 16.9 Å². The number of unbranched alkanes of at least 4 members (excludes halogenated alkanes) is 1. The minimum absolute atomic E-state index is 0.334. The molecule has 0 atom stereocenters. The van der Waals surface area contributed by atoms with Gasteiger partial charge in [0.2, 0.25) is 0 Å². The van der Waals surface area contributed by atoms with Crippen LogP contribution in [0.2, 0.25) is 0 Å². The second-order valence-electron chi connectivity index (χ2n) is 4.71. The maximum atomic E-state index is 11.8. The molecular weight excluding hydrogens is 284 g/mol. The smallest absolute Gasteiger partial charge is 0.496 e. The van der Waals surface area contributed by atoms with Gasteiger partial charge in [-0.05, 0) is 6.42 Å². The van der Waals surface area contributed by atoms with Gasteiger partial charge in [0, 0.05) is 16.8 Å². The zero-order valence-electron chi connectivity index (χ0n) is 13.0. The van der Waals surface area contributed by atoms with E-state index in [1.807, 2.05) is 31.2 Å². The van der Waals surface area contributed by atoms with Gasteiger partial charge in [0.15, 0.2) is 11.5 Å². The fourth-order valence-electron chi connectivity index (χ4n) is 2.13. The molecule has 0 aliphatic carbocycles. The minimum atomic E-state index is -0.734. The van der Waals surface area contributed by atoms with Crippen LogP contribution in [0.15, 0.2) is 30.3 Å². The van der Waals surface area contributed by atoms with E-state index in [1.165, 1.54) is 7.11 Å². The zero-order valence-corrected chi connectivity index (χ0v) is 13.0. The van der Waals surface area contributed by atoms with Crippen molar-refractivity contribution < 1.29 is 23.7 Å². The number of methoxy groups -OCH3 is 2. The number of fused-ring (bicyclic) bond motifs is 1. The molecule has 0 radical (unpaired) electrons. The van der Waals surface area contributed by atoms with E-state index >= 15 is 0 Å². The largest absolute Gasteiger partial charge is 0.513 e. The first-order valence-electron chi connectivity index (χ1n) is 7.19. The SMILES string of the molecule is CCCCOC(=O)Oc1c(OC)cc(OC)c2ccccc12. The van der Waals surface area contributed by atoms with Crippen LogP contribution in [0.3, 0.4) is 0 Å². The fraction of sp³-hybridized carbons (Fsp3) is 0.353. The third-order valence-corrected chi connectivity index (χ3v) is 3.27. The van der Waals surface area contributed by atoms with Gasteiger partial charge in [-0.15, -0.1) is 0 Å². The summed E-state index contributed by atoms with van der Waals surface area (Å²) < 4.78 is 21.1. The molecule has 5 nitrogen and oxygen atoms in total. The van der Waals surface area contributed by atoms with Crippen LogP contribution in [0.1, 0.15) is 19.8 Å². The topological polar surface area (TPSA) is 54.0 Å². The van der Waals surface area contributed by atoms with Crippen LogP contribution in [-0.4, -0.2) is 27.0 Å². The molecule has 118 valence electrons. The lowest BCUT2D eigenvalue weighted by Gasteiger charge is -2.14. The van der Waals surface area contributed by atoms with Crippen molar-refractivity contribution in [1.29, 1.82) is 0 Å². The van der Waals surface area contributed by atoms with E-state index in [9.17, 15) is 4.79 Å². The molecule has 0 fully saturated rings. The summed E-state index contributed by atoms with van der Waals surface area (Å²) in [6.07, 6.45) is 1.01. The monoisotopic (exact) mass is 304 g/mol. The standard InChI is InChI=1S/C17H20O5/c1-4-5-10-21-17(18)22-16-13-9-7-6-8-12(13)14(19-2)11-15(16)20-3/h6-9,11H,4-5,10H2,1-3H3. The van der Waals surface area contributed by atoms with Gasteiger partial charge in [-0.1, -0.05) is 37.6 Å². The predicted octanol–water partition coefficient (Wildman–Crippen LogP) is 4.17. The molecule has 0 amide bonds. The Kier molecular flexibility index (Phi) is 5.47. The van der Waals surface area contributed by atoms with Gasteiger partial charge in [-0.3, -0.25) is 0 Å². The number of hydrogen-bond donors (Lipinski definition) is 0. The van der Waals surface area contributed by atoms with E-state index in [-0.39, 0.29) is 0 Å². The van der Waals surface area contributed by atoms with Crippen LogP contribution >= 0.6 is 0 Å². The van der Waals surface area contributed by atoms with Crippen molar-refractivity contribution in [1.82, 2.24) is 0 Å². The molecule has 0 unspecified atom stereocenters. The molecule has 5 heteroatoms. The van der Waals surface area contributed by atoms with Gasteiger partial charge in [-0.2, -0.15) is 0 Å². The third kappa shape index (κ3) is 3.42. The highest BCUT2D eigenvalue weighted by atomic mass is 16.7. The van der Waals surface area contributed by atoms with Crippen molar-refractivity contribution in [2.75, 3.05) is 20.8 Å². The molecule has 2 rings (SSSR count). The Labute approximate surface area is 129 Å². The van der Waals surface area contributed by atoms with Crippen molar-refractivity contribution in [2.45, 2.75) is 19.8 Å². The molecular formula is C17H20O5. The van der Waals surface area contributed by atoms with E-state index in [0.717, 1.165) is 23.6 Å². The summed E-state index contributed by atoms with van der Waals surface area (Å²) >= 11 is 0. The van der Waals surface area contributed by atoms with Crippen molar-refractivity contribution in [3.05, 3.63) is 30.3 Å². The van der Waals surface area contributed by atoms with Crippen LogP contribution in [0.4, 0.5) is 4.79 Å². The maximum Gasteiger partial charge on any atom is 0.513 e. The molecule has 22 heavy (non-hydrogen) atoms. The summed E-state index contributed by atoms with van der Waals surface area (Å²) in [6.45, 7) is 2.36. The Bertz CT molecular complexity index is 651. The summed E-state index contributed by atoms with van der Waals surface area (Å²) in [7, 11) is 3.10. The van der Waals surface area contributed by atoms with E-state index in [0.29, 0.717) is 23.9 Å². The first kappa shape index (κ1) is 15.9. The highest BCUT2D eigenvalue weighted by molar-refractivity contribution is 5.96. The van der Waals surface area contributed by atoms with Crippen molar-refractivity contribution in [2.24, 2.45) is 0 Å². The second kappa shape index (κ2) is 7.54. The molecule has 0 heterocycles. The van der Waals surface area contributed by atoms with Crippen LogP contribution in [0.5, 0.6) is 17.2 Å². The first-order valence-corrected chi connectivity index (χ1v) is 7.19. The predicted molar refractivity (Wildman–Crippen MR) is 83.9 cm³/mol. The maximum absolute atomic E-state index is 11.8. The Balaban J connectivity index is 2.37. The van der Waals surface area contributed by atoms with E-state index < -0.39 is 6.16 Å². The average Bonchev–Trinajstić information content (AvgIpc) is 2.55. The van der Waals surface area contributed by atoms with Gasteiger partial charge in [0.1, 0.15) is 5.75 Å². The van der Waals surface area contributed by atoms with Gasteiger partial charge in [-0.25, -0.2) is 4.79 Å². The molecule has 0 aromatic heterocycles. The van der Waals surface area contributed by atoms with Crippen LogP contribution in [-0.2, 0) is 4.74 Å². The Morgan fingerprint density at radius 2 is 1.73 bits per heavy atom. The van der Waals surface area contributed by atoms with Gasteiger partial charge >= 0.3 is 6.16 Å². The highest BCUT2D eigenvalue weighted by Crippen LogP contribution is 2.41. The minimum Gasteiger partial charge on any atom is -0.496 e. The normalized spacial score (nSPS) is 10.3. The molecule has 0 aliphatic heterocycles. The van der Waals surface area contributed by atoms with Gasteiger partial charge in [0.25, 0.3) is 0 Å². The summed E-state index contributed by atoms with van der Waals surface area (Å²) in [5.41, 5.74) is 0. The van der Waals surface area contributed by atoms with Crippen molar-refractivity contribution in [3.63, 3.8) is 0 Å². The Morgan fingerprint density at radius 3 is 2.36 bits per heavy atom. The number of hydrogen-bond acceptors (Lipinski definition) is 5. The molecule has 2 aromatic rings. The summed E-state index contributed by atoms with van der Waals surface area (Å²) in [5, 5.41) is 1.56. The summed E-state index contributed by atoms with van der Waals surface area (Å²) in [5.74, 6) is 1.41. The first-order chi connectivity index (χ1) is 10.7. The van der Waals surface area contributed by atoms with Gasteiger partial charge < -0.3 is 18.9 Å². The van der Waals surface area contributed by atoms with Crippen molar-refractivity contribution in [3.8, 4) is 17.2 Å². The van der Waals surface area contributed by atoms with Crippen LogP contribution in [0.25, 0.3) is 10.8 Å². The fourth-order valence-corrected chi connectivity index (χ4v) is 2.13. The van der Waals surface area contributed by atoms with E-state index in [4.69, 9.17) is 18.9 Å². The number of carbonyl (C=O) groups excluding carboxylic acids is 1. The van der Waals surface area contributed by atoms with Crippen LogP contribution < -0.4 is 14.2 Å². The lowest BCUT2D eigenvalue weighted by molar-refractivity contribution is 0.0972. The molecule has 0 bridgehead atoms. The molecule has 0 spiro atoms. The third-order valence-electron chi connectivity index (χ3n) is 3.27. The molecule has 2 aromatic carbocycles. The zero-order chi connectivity index (χ0) is 15.9. The quantitative estimate of drug-likeness (QED) is 0.455. The van der Waals surface area contributed by atoms with E-state index in [1.54, 1.807) is 13.2 Å². The van der Waals surface area contributed by atoms with Crippen LogP contribution in [0, 0.1) is 0 Å². The molecule has 0 N–H and O–H groups in total. The lowest BCUT2D eigenvalue weighted by atomic mass is 10.1. The highest BCUT2D eigenvalue weighted by Gasteiger charge is 2.18. The summed E-state index contributed by atoms with van der Waals surface area (Å²) in [4.78, 5) is 11.8. The molecule has 0 saturated heterocycles. The van der Waals surface area contributed by atoms with Gasteiger partial charge in [0.05, 0.1) is 20.8 Å². The number of carbonyl (C=O) groups is 1. The Morgan fingerprint density at radius 1 is 1.05 bits per heavy atom.